The van der Waals surface area contributed by atoms with Gasteiger partial charge < -0.3 is 15.5 Å². The van der Waals surface area contributed by atoms with Gasteiger partial charge in [-0.25, -0.2) is 9.98 Å². The number of hydrogen-bond donors (Lipinski definition) is 2. The fourth-order valence-electron chi connectivity index (χ4n) is 2.53. The molecule has 0 bridgehead atoms. The number of hydrogen-bond acceptors (Lipinski definition) is 4. The molecule has 1 heterocycles. The number of nitrogens with one attached hydrogen (secondary N) is 2. The first kappa shape index (κ1) is 17.2. The minimum Gasteiger partial charge on any atom is -0.357 e. The van der Waals surface area contributed by atoms with Crippen LogP contribution in [0.3, 0.4) is 0 Å². The zero-order valence-corrected chi connectivity index (χ0v) is 15.0. The second-order valence-corrected chi connectivity index (χ2v) is 7.22. The Labute approximate surface area is 138 Å². The lowest BCUT2D eigenvalue weighted by molar-refractivity contribution is 0.264. The zero-order valence-electron chi connectivity index (χ0n) is 14.2. The number of thiazole rings is 1. The summed E-state index contributed by atoms with van der Waals surface area (Å²) in [7, 11) is 4.33. The summed E-state index contributed by atoms with van der Waals surface area (Å²) < 4.78 is 0. The maximum atomic E-state index is 4.67. The van der Waals surface area contributed by atoms with E-state index in [2.05, 4.69) is 53.5 Å². The first-order chi connectivity index (χ1) is 10.6. The smallest absolute Gasteiger partial charge is 0.191 e. The maximum Gasteiger partial charge on any atom is 0.191 e. The van der Waals surface area contributed by atoms with Crippen molar-refractivity contribution in [3.05, 3.63) is 16.1 Å². The largest absolute Gasteiger partial charge is 0.357 e. The van der Waals surface area contributed by atoms with E-state index in [1.165, 1.54) is 17.7 Å². The van der Waals surface area contributed by atoms with Gasteiger partial charge in [-0.15, -0.1) is 11.3 Å². The standard InChI is InChI=1S/C16H29N5S/c1-5-13-9-18-15(22-13)11-20-16(17-6-2)19-10-14(21(3)4)12-7-8-12/h9,12,14H,5-8,10-11H2,1-4H3,(H2,17,19,20). The normalized spacial score (nSPS) is 16.9. The van der Waals surface area contributed by atoms with E-state index in [1.807, 2.05) is 6.20 Å². The highest BCUT2D eigenvalue weighted by atomic mass is 32.1. The van der Waals surface area contributed by atoms with E-state index in [1.54, 1.807) is 11.3 Å². The lowest BCUT2D eigenvalue weighted by atomic mass is 10.1. The lowest BCUT2D eigenvalue weighted by Crippen LogP contribution is -2.46. The van der Waals surface area contributed by atoms with E-state index in [0.29, 0.717) is 12.6 Å². The summed E-state index contributed by atoms with van der Waals surface area (Å²) in [4.78, 5) is 12.7. The van der Waals surface area contributed by atoms with Gasteiger partial charge in [-0.3, -0.25) is 0 Å². The van der Waals surface area contributed by atoms with Crippen LogP contribution in [0.1, 0.15) is 36.6 Å². The SMILES string of the molecule is CCNC(=NCc1ncc(CC)s1)NCC(C1CC1)N(C)C. The van der Waals surface area contributed by atoms with E-state index < -0.39 is 0 Å². The molecule has 2 rings (SSSR count). The van der Waals surface area contributed by atoms with Crippen molar-refractivity contribution < 1.29 is 0 Å². The Morgan fingerprint density at radius 2 is 2.18 bits per heavy atom. The minimum atomic E-state index is 0.593. The van der Waals surface area contributed by atoms with Crippen molar-refractivity contribution >= 4 is 17.3 Å². The van der Waals surface area contributed by atoms with Gasteiger partial charge in [-0.1, -0.05) is 6.92 Å². The van der Waals surface area contributed by atoms with E-state index in [9.17, 15) is 0 Å². The number of nitrogens with zero attached hydrogens (tertiary/aromatic N) is 3. The van der Waals surface area contributed by atoms with Crippen LogP contribution in [0.2, 0.25) is 0 Å². The van der Waals surface area contributed by atoms with E-state index in [-0.39, 0.29) is 0 Å². The molecule has 1 fully saturated rings. The van der Waals surface area contributed by atoms with Gasteiger partial charge in [0, 0.05) is 30.2 Å². The average molecular weight is 324 g/mol. The fourth-order valence-corrected chi connectivity index (χ4v) is 3.31. The molecule has 0 spiro atoms. The molecule has 22 heavy (non-hydrogen) atoms. The van der Waals surface area contributed by atoms with Crippen LogP contribution in [-0.2, 0) is 13.0 Å². The van der Waals surface area contributed by atoms with E-state index in [0.717, 1.165) is 36.4 Å². The molecule has 1 aliphatic carbocycles. The molecule has 124 valence electrons. The Morgan fingerprint density at radius 1 is 1.41 bits per heavy atom. The van der Waals surface area contributed by atoms with Crippen LogP contribution < -0.4 is 10.6 Å². The molecule has 0 aromatic carbocycles. The molecular weight excluding hydrogens is 294 g/mol. The van der Waals surface area contributed by atoms with Gasteiger partial charge >= 0.3 is 0 Å². The second kappa shape index (κ2) is 8.48. The summed E-state index contributed by atoms with van der Waals surface area (Å²) in [5.41, 5.74) is 0. The van der Waals surface area contributed by atoms with E-state index in [4.69, 9.17) is 0 Å². The van der Waals surface area contributed by atoms with Crippen molar-refractivity contribution in [3.8, 4) is 0 Å². The quantitative estimate of drug-likeness (QED) is 0.568. The fraction of sp³-hybridized carbons (Fsp3) is 0.750. The van der Waals surface area contributed by atoms with Gasteiger partial charge in [0.1, 0.15) is 5.01 Å². The van der Waals surface area contributed by atoms with Crippen LogP contribution in [0.15, 0.2) is 11.2 Å². The lowest BCUT2D eigenvalue weighted by Gasteiger charge is -2.25. The average Bonchev–Trinajstić information content (AvgIpc) is 3.22. The van der Waals surface area contributed by atoms with Crippen LogP contribution in [-0.4, -0.2) is 49.1 Å². The Hall–Kier alpha value is -1.14. The second-order valence-electron chi connectivity index (χ2n) is 6.02. The molecule has 2 N–H and O–H groups in total. The summed E-state index contributed by atoms with van der Waals surface area (Å²) in [6.45, 7) is 6.73. The summed E-state index contributed by atoms with van der Waals surface area (Å²) in [6, 6.07) is 0.593. The molecule has 1 aromatic rings. The Bertz CT molecular complexity index is 477. The number of aryl methyl sites for hydroxylation is 1. The van der Waals surface area contributed by atoms with Crippen LogP contribution in [0, 0.1) is 5.92 Å². The van der Waals surface area contributed by atoms with Crippen molar-refractivity contribution in [1.82, 2.24) is 20.5 Å². The highest BCUT2D eigenvalue weighted by Crippen LogP contribution is 2.34. The van der Waals surface area contributed by atoms with Crippen molar-refractivity contribution in [3.63, 3.8) is 0 Å². The van der Waals surface area contributed by atoms with Crippen LogP contribution in [0.4, 0.5) is 0 Å². The predicted octanol–water partition coefficient (Wildman–Crippen LogP) is 2.10. The third-order valence-corrected chi connectivity index (χ3v) is 5.10. The van der Waals surface area contributed by atoms with Crippen molar-refractivity contribution in [1.29, 1.82) is 0 Å². The molecule has 0 amide bonds. The van der Waals surface area contributed by atoms with Gasteiger partial charge in [-0.2, -0.15) is 0 Å². The molecule has 1 aromatic heterocycles. The van der Waals surface area contributed by atoms with Gasteiger partial charge in [0.05, 0.1) is 6.54 Å². The van der Waals surface area contributed by atoms with Crippen LogP contribution in [0.5, 0.6) is 0 Å². The third kappa shape index (κ3) is 5.25. The highest BCUT2D eigenvalue weighted by Gasteiger charge is 2.32. The monoisotopic (exact) mass is 323 g/mol. The molecule has 1 aliphatic rings. The van der Waals surface area contributed by atoms with Gasteiger partial charge in [0.25, 0.3) is 0 Å². The van der Waals surface area contributed by atoms with Crippen molar-refractivity contribution in [2.75, 3.05) is 27.2 Å². The Morgan fingerprint density at radius 3 is 2.73 bits per heavy atom. The number of aliphatic imine (C=N–C) groups is 1. The highest BCUT2D eigenvalue weighted by molar-refractivity contribution is 7.11. The molecule has 0 saturated heterocycles. The molecule has 1 unspecified atom stereocenters. The Balaban J connectivity index is 1.88. The first-order valence-corrected chi connectivity index (χ1v) is 9.07. The predicted molar refractivity (Wildman–Crippen MR) is 94.5 cm³/mol. The van der Waals surface area contributed by atoms with Crippen LogP contribution >= 0.6 is 11.3 Å². The maximum absolute atomic E-state index is 4.67. The number of rotatable bonds is 8. The topological polar surface area (TPSA) is 52.6 Å². The minimum absolute atomic E-state index is 0.593. The van der Waals surface area contributed by atoms with Gasteiger partial charge in [0.2, 0.25) is 0 Å². The summed E-state index contributed by atoms with van der Waals surface area (Å²) in [5, 5.41) is 7.90. The molecule has 5 nitrogen and oxygen atoms in total. The number of guanidine groups is 1. The molecular formula is C16H29N5S. The van der Waals surface area contributed by atoms with Crippen molar-refractivity contribution in [2.45, 2.75) is 45.7 Å². The third-order valence-electron chi connectivity index (χ3n) is 3.97. The van der Waals surface area contributed by atoms with Crippen LogP contribution in [0.25, 0.3) is 0 Å². The van der Waals surface area contributed by atoms with Gasteiger partial charge in [0.15, 0.2) is 5.96 Å². The molecule has 1 saturated carbocycles. The first-order valence-electron chi connectivity index (χ1n) is 8.26. The summed E-state index contributed by atoms with van der Waals surface area (Å²) >= 11 is 1.76. The summed E-state index contributed by atoms with van der Waals surface area (Å²) in [5.74, 6) is 1.74. The van der Waals surface area contributed by atoms with E-state index >= 15 is 0 Å². The molecule has 6 heteroatoms. The summed E-state index contributed by atoms with van der Waals surface area (Å²) in [6.07, 6.45) is 5.73. The molecule has 0 aliphatic heterocycles. The molecule has 1 atom stereocenters. The Kier molecular flexibility index (Phi) is 6.64. The van der Waals surface area contributed by atoms with Gasteiger partial charge in [-0.05, 0) is 46.2 Å². The molecule has 0 radical (unpaired) electrons. The zero-order chi connectivity index (χ0) is 15.9. The van der Waals surface area contributed by atoms with Crippen molar-refractivity contribution in [2.24, 2.45) is 10.9 Å². The number of likely N-dealkylation sites (N-methyl/N-ethyl adjacent to an activating group) is 1. The number of aromatic nitrogens is 1.